The van der Waals surface area contributed by atoms with Gasteiger partial charge in [0.25, 0.3) is 0 Å². The van der Waals surface area contributed by atoms with Crippen molar-refractivity contribution >= 4 is 17.4 Å². The molecule has 0 bridgehead atoms. The molecular weight excluding hydrogens is 266 g/mol. The maximum absolute atomic E-state index is 8.39. The van der Waals surface area contributed by atoms with E-state index in [9.17, 15) is 0 Å². The highest BCUT2D eigenvalue weighted by Gasteiger charge is 2.06. The van der Waals surface area contributed by atoms with Gasteiger partial charge in [-0.05, 0) is 31.5 Å². The summed E-state index contributed by atoms with van der Waals surface area (Å²) >= 11 is 6.13. The van der Waals surface area contributed by atoms with Crippen LogP contribution in [-0.2, 0) is 6.54 Å². The summed E-state index contributed by atoms with van der Waals surface area (Å²) in [6, 6.07) is 5.60. The summed E-state index contributed by atoms with van der Waals surface area (Å²) in [5.74, 6) is 1.06. The lowest BCUT2D eigenvalue weighted by atomic mass is 10.2. The van der Waals surface area contributed by atoms with E-state index in [4.69, 9.17) is 27.3 Å². The monoisotopic (exact) mass is 285 g/mol. The van der Waals surface area contributed by atoms with Crippen molar-refractivity contribution < 1.29 is 9.94 Å². The zero-order valence-electron chi connectivity index (χ0n) is 11.0. The molecule has 1 rings (SSSR count). The SMILES string of the molecule is COc1cccc(Cl)c1CNCCCC/C(N)=N/O. The molecule has 0 atom stereocenters. The number of nitrogens with one attached hydrogen (secondary N) is 1. The quantitative estimate of drug-likeness (QED) is 0.225. The van der Waals surface area contributed by atoms with Gasteiger partial charge in [-0.2, -0.15) is 0 Å². The van der Waals surface area contributed by atoms with Crippen LogP contribution in [0.3, 0.4) is 0 Å². The Morgan fingerprint density at radius 3 is 2.95 bits per heavy atom. The molecule has 1 aromatic carbocycles. The number of oxime groups is 1. The van der Waals surface area contributed by atoms with Gasteiger partial charge in [0, 0.05) is 23.6 Å². The van der Waals surface area contributed by atoms with Crippen molar-refractivity contribution in [1.29, 1.82) is 0 Å². The minimum Gasteiger partial charge on any atom is -0.496 e. The summed E-state index contributed by atoms with van der Waals surface area (Å²) in [5, 5.41) is 15.3. The summed E-state index contributed by atoms with van der Waals surface area (Å²) < 4.78 is 5.27. The second-order valence-corrected chi connectivity index (χ2v) is 4.55. The predicted octanol–water partition coefficient (Wildman–Crippen LogP) is 2.35. The van der Waals surface area contributed by atoms with Crippen molar-refractivity contribution in [3.05, 3.63) is 28.8 Å². The molecule has 0 aliphatic carbocycles. The van der Waals surface area contributed by atoms with E-state index >= 15 is 0 Å². The Bertz CT molecular complexity index is 424. The Balaban J connectivity index is 2.30. The summed E-state index contributed by atoms with van der Waals surface area (Å²) in [4.78, 5) is 0. The van der Waals surface area contributed by atoms with Crippen LogP contribution in [0.5, 0.6) is 5.75 Å². The van der Waals surface area contributed by atoms with Gasteiger partial charge in [0.15, 0.2) is 0 Å². The number of amidine groups is 1. The van der Waals surface area contributed by atoms with E-state index < -0.39 is 0 Å². The highest BCUT2D eigenvalue weighted by atomic mass is 35.5. The van der Waals surface area contributed by atoms with Crippen LogP contribution in [0.4, 0.5) is 0 Å². The van der Waals surface area contributed by atoms with Crippen LogP contribution in [-0.4, -0.2) is 24.7 Å². The highest BCUT2D eigenvalue weighted by Crippen LogP contribution is 2.25. The molecule has 0 aliphatic rings. The first-order valence-corrected chi connectivity index (χ1v) is 6.55. The third-order valence-electron chi connectivity index (χ3n) is 2.76. The molecule has 0 aliphatic heterocycles. The Labute approximate surface area is 118 Å². The van der Waals surface area contributed by atoms with Gasteiger partial charge in [0.2, 0.25) is 0 Å². The number of ether oxygens (including phenoxy) is 1. The number of hydrogen-bond donors (Lipinski definition) is 3. The first-order valence-electron chi connectivity index (χ1n) is 6.17. The molecule has 0 fully saturated rings. The van der Waals surface area contributed by atoms with Gasteiger partial charge in [-0.15, -0.1) is 0 Å². The molecule has 1 aromatic rings. The predicted molar refractivity (Wildman–Crippen MR) is 77.0 cm³/mol. The van der Waals surface area contributed by atoms with E-state index in [1.807, 2.05) is 18.2 Å². The van der Waals surface area contributed by atoms with Crippen LogP contribution in [0.25, 0.3) is 0 Å². The lowest BCUT2D eigenvalue weighted by molar-refractivity contribution is 0.316. The van der Waals surface area contributed by atoms with Crippen LogP contribution in [0.2, 0.25) is 5.02 Å². The number of halogens is 1. The van der Waals surface area contributed by atoms with Gasteiger partial charge in [-0.25, -0.2) is 0 Å². The molecule has 6 heteroatoms. The summed E-state index contributed by atoms with van der Waals surface area (Å²) in [5.41, 5.74) is 6.34. The third kappa shape index (κ3) is 5.36. The zero-order chi connectivity index (χ0) is 14.1. The third-order valence-corrected chi connectivity index (χ3v) is 3.12. The van der Waals surface area contributed by atoms with Crippen molar-refractivity contribution in [2.45, 2.75) is 25.8 Å². The number of methoxy groups -OCH3 is 1. The largest absolute Gasteiger partial charge is 0.496 e. The average molecular weight is 286 g/mol. The molecule has 0 heterocycles. The Kier molecular flexibility index (Phi) is 7.07. The molecule has 0 unspecified atom stereocenters. The van der Waals surface area contributed by atoms with Gasteiger partial charge >= 0.3 is 0 Å². The fraction of sp³-hybridized carbons (Fsp3) is 0.462. The molecular formula is C13H20ClN3O2. The van der Waals surface area contributed by atoms with Crippen molar-refractivity contribution in [3.8, 4) is 5.75 Å². The zero-order valence-corrected chi connectivity index (χ0v) is 11.8. The number of rotatable bonds is 8. The van der Waals surface area contributed by atoms with E-state index in [-0.39, 0.29) is 5.84 Å². The van der Waals surface area contributed by atoms with Crippen molar-refractivity contribution in [3.63, 3.8) is 0 Å². The lowest BCUT2D eigenvalue weighted by Crippen LogP contribution is -2.17. The molecule has 0 saturated heterocycles. The lowest BCUT2D eigenvalue weighted by Gasteiger charge is -2.11. The minimum absolute atomic E-state index is 0.271. The number of unbranched alkanes of at least 4 members (excludes halogenated alkanes) is 1. The minimum atomic E-state index is 0.271. The number of nitrogens with zero attached hydrogens (tertiary/aromatic N) is 1. The van der Waals surface area contributed by atoms with E-state index in [0.717, 1.165) is 30.7 Å². The molecule has 0 radical (unpaired) electrons. The van der Waals surface area contributed by atoms with Gasteiger partial charge in [-0.1, -0.05) is 22.8 Å². The Morgan fingerprint density at radius 2 is 2.26 bits per heavy atom. The fourth-order valence-corrected chi connectivity index (χ4v) is 1.95. The number of hydrogen-bond acceptors (Lipinski definition) is 4. The van der Waals surface area contributed by atoms with Crippen LogP contribution in [0, 0.1) is 0 Å². The van der Waals surface area contributed by atoms with Gasteiger partial charge in [0.1, 0.15) is 11.6 Å². The molecule has 0 saturated carbocycles. The molecule has 0 aromatic heterocycles. The topological polar surface area (TPSA) is 79.9 Å². The first kappa shape index (κ1) is 15.6. The second kappa shape index (κ2) is 8.61. The summed E-state index contributed by atoms with van der Waals surface area (Å²) in [6.07, 6.45) is 2.43. The molecule has 0 amide bonds. The van der Waals surface area contributed by atoms with Crippen LogP contribution >= 0.6 is 11.6 Å². The van der Waals surface area contributed by atoms with Crippen molar-refractivity contribution in [2.75, 3.05) is 13.7 Å². The second-order valence-electron chi connectivity index (χ2n) is 4.15. The number of benzene rings is 1. The average Bonchev–Trinajstić information content (AvgIpc) is 2.43. The molecule has 5 nitrogen and oxygen atoms in total. The van der Waals surface area contributed by atoms with Crippen LogP contribution in [0.1, 0.15) is 24.8 Å². The number of nitrogens with two attached hydrogens (primary N) is 1. The Hall–Kier alpha value is -1.46. The van der Waals surface area contributed by atoms with Crippen molar-refractivity contribution in [2.24, 2.45) is 10.9 Å². The Morgan fingerprint density at radius 1 is 1.47 bits per heavy atom. The van der Waals surface area contributed by atoms with Crippen LogP contribution < -0.4 is 15.8 Å². The first-order chi connectivity index (χ1) is 9.19. The molecule has 0 spiro atoms. The van der Waals surface area contributed by atoms with Gasteiger partial charge in [0.05, 0.1) is 7.11 Å². The van der Waals surface area contributed by atoms with E-state index in [2.05, 4.69) is 10.5 Å². The molecule has 4 N–H and O–H groups in total. The summed E-state index contributed by atoms with van der Waals surface area (Å²) in [6.45, 7) is 1.50. The summed E-state index contributed by atoms with van der Waals surface area (Å²) in [7, 11) is 1.63. The van der Waals surface area contributed by atoms with Crippen molar-refractivity contribution in [1.82, 2.24) is 5.32 Å². The van der Waals surface area contributed by atoms with Gasteiger partial charge in [-0.3, -0.25) is 0 Å². The van der Waals surface area contributed by atoms with E-state index in [1.54, 1.807) is 7.11 Å². The van der Waals surface area contributed by atoms with E-state index in [0.29, 0.717) is 18.0 Å². The maximum Gasteiger partial charge on any atom is 0.139 e. The normalized spacial score (nSPS) is 11.6. The smallest absolute Gasteiger partial charge is 0.139 e. The highest BCUT2D eigenvalue weighted by molar-refractivity contribution is 6.31. The maximum atomic E-state index is 8.39. The van der Waals surface area contributed by atoms with Crippen LogP contribution in [0.15, 0.2) is 23.4 Å². The molecule has 19 heavy (non-hydrogen) atoms. The fourth-order valence-electron chi connectivity index (χ4n) is 1.72. The molecule has 106 valence electrons. The van der Waals surface area contributed by atoms with Gasteiger partial charge < -0.3 is 21.0 Å². The van der Waals surface area contributed by atoms with E-state index in [1.165, 1.54) is 0 Å². The standard InChI is InChI=1S/C13H20ClN3O2/c1-19-12-6-4-5-11(14)10(12)9-16-8-3-2-7-13(15)17-18/h4-6,16,18H,2-3,7-9H2,1H3,(H2,15,17).